The monoisotopic (exact) mass is 244 g/mol. The Bertz CT molecular complexity index is 377. The Morgan fingerprint density at radius 2 is 2.25 bits per heavy atom. The van der Waals surface area contributed by atoms with Crippen molar-refractivity contribution in [3.8, 4) is 6.01 Å². The Kier molecular flexibility index (Phi) is 3.40. The van der Waals surface area contributed by atoms with Crippen LogP contribution in [0.15, 0.2) is 0 Å². The summed E-state index contributed by atoms with van der Waals surface area (Å²) in [6, 6.07) is 0.231. The van der Waals surface area contributed by atoms with Crippen LogP contribution in [0.4, 0.5) is 5.95 Å². The smallest absolute Gasteiger partial charge is 0.322 e. The summed E-state index contributed by atoms with van der Waals surface area (Å²) < 4.78 is 10.4. The lowest BCUT2D eigenvalue weighted by atomic mass is 10.3. The molecular formula is C9H13ClN4O2. The highest BCUT2D eigenvalue weighted by Crippen LogP contribution is 2.17. The number of anilines is 1. The zero-order valence-corrected chi connectivity index (χ0v) is 9.94. The number of hydrogen-bond donors (Lipinski definition) is 0. The first-order chi connectivity index (χ1) is 7.69. The van der Waals surface area contributed by atoms with Gasteiger partial charge in [0.2, 0.25) is 11.2 Å². The van der Waals surface area contributed by atoms with Gasteiger partial charge in [-0.05, 0) is 18.5 Å². The molecule has 1 atom stereocenters. The van der Waals surface area contributed by atoms with E-state index in [4.69, 9.17) is 21.1 Å². The van der Waals surface area contributed by atoms with Gasteiger partial charge in [0.05, 0.1) is 19.8 Å². The van der Waals surface area contributed by atoms with E-state index >= 15 is 0 Å². The second-order valence-corrected chi connectivity index (χ2v) is 3.86. The molecule has 0 spiro atoms. The molecule has 0 amide bonds. The van der Waals surface area contributed by atoms with E-state index in [9.17, 15) is 0 Å². The molecule has 16 heavy (non-hydrogen) atoms. The van der Waals surface area contributed by atoms with Gasteiger partial charge in [-0.25, -0.2) is 0 Å². The van der Waals surface area contributed by atoms with E-state index in [2.05, 4.69) is 15.0 Å². The van der Waals surface area contributed by atoms with Gasteiger partial charge >= 0.3 is 6.01 Å². The lowest BCUT2D eigenvalue weighted by Crippen LogP contribution is -2.42. The van der Waals surface area contributed by atoms with Crippen LogP contribution < -0.4 is 9.64 Å². The van der Waals surface area contributed by atoms with Crippen LogP contribution in [0.25, 0.3) is 0 Å². The minimum atomic E-state index is 0.140. The first kappa shape index (κ1) is 11.3. The number of rotatable bonds is 2. The van der Waals surface area contributed by atoms with Crippen LogP contribution in [-0.2, 0) is 4.74 Å². The fourth-order valence-electron chi connectivity index (χ4n) is 1.55. The molecule has 1 aromatic heterocycles. The molecule has 0 bridgehead atoms. The Morgan fingerprint density at radius 3 is 2.94 bits per heavy atom. The highest BCUT2D eigenvalue weighted by Gasteiger charge is 2.20. The molecular weight excluding hydrogens is 232 g/mol. The Labute approximate surface area is 98.6 Å². The second-order valence-electron chi connectivity index (χ2n) is 3.52. The normalized spacial score (nSPS) is 20.9. The molecule has 0 aliphatic carbocycles. The molecule has 1 unspecified atom stereocenters. The maximum atomic E-state index is 5.78. The third-order valence-corrected chi connectivity index (χ3v) is 2.45. The van der Waals surface area contributed by atoms with Gasteiger partial charge in [0.15, 0.2) is 0 Å². The fourth-order valence-corrected chi connectivity index (χ4v) is 1.70. The zero-order chi connectivity index (χ0) is 11.5. The minimum Gasteiger partial charge on any atom is -0.467 e. The molecule has 1 fully saturated rings. The van der Waals surface area contributed by atoms with Gasteiger partial charge in [-0.3, -0.25) is 0 Å². The summed E-state index contributed by atoms with van der Waals surface area (Å²) in [5, 5.41) is 0.140. The number of aromatic nitrogens is 3. The molecule has 6 nitrogen and oxygen atoms in total. The molecule has 88 valence electrons. The van der Waals surface area contributed by atoms with E-state index in [1.165, 1.54) is 7.11 Å². The van der Waals surface area contributed by atoms with Gasteiger partial charge < -0.3 is 14.4 Å². The van der Waals surface area contributed by atoms with Gasteiger partial charge in [0.1, 0.15) is 0 Å². The molecule has 0 N–H and O–H groups in total. The highest BCUT2D eigenvalue weighted by molar-refractivity contribution is 6.28. The predicted molar refractivity (Wildman–Crippen MR) is 59.0 cm³/mol. The largest absolute Gasteiger partial charge is 0.467 e. The molecule has 1 aliphatic heterocycles. The second kappa shape index (κ2) is 4.80. The van der Waals surface area contributed by atoms with Crippen LogP contribution in [0.3, 0.4) is 0 Å². The Hall–Kier alpha value is -1.14. The Morgan fingerprint density at radius 1 is 1.44 bits per heavy atom. The van der Waals surface area contributed by atoms with Crippen molar-refractivity contribution >= 4 is 17.5 Å². The lowest BCUT2D eigenvalue weighted by molar-refractivity contribution is 0.0525. The molecule has 0 aromatic carbocycles. The topological polar surface area (TPSA) is 60.4 Å². The standard InChI is InChI=1S/C9H13ClN4O2/c1-6-5-14(3-4-16-6)8-11-7(10)12-9(13-8)15-2/h6H,3-5H2,1-2H3. The van der Waals surface area contributed by atoms with Crippen molar-refractivity contribution in [2.75, 3.05) is 31.7 Å². The van der Waals surface area contributed by atoms with E-state index in [-0.39, 0.29) is 17.4 Å². The van der Waals surface area contributed by atoms with E-state index in [1.807, 2.05) is 11.8 Å². The Balaban J connectivity index is 2.21. The van der Waals surface area contributed by atoms with Crippen molar-refractivity contribution in [3.63, 3.8) is 0 Å². The van der Waals surface area contributed by atoms with E-state index in [1.54, 1.807) is 0 Å². The van der Waals surface area contributed by atoms with Crippen LogP contribution in [-0.4, -0.2) is 47.9 Å². The number of morpholine rings is 1. The van der Waals surface area contributed by atoms with Gasteiger partial charge in [-0.15, -0.1) is 0 Å². The average Bonchev–Trinajstić information content (AvgIpc) is 2.28. The van der Waals surface area contributed by atoms with Crippen LogP contribution in [0.2, 0.25) is 5.28 Å². The number of methoxy groups -OCH3 is 1. The summed E-state index contributed by atoms with van der Waals surface area (Å²) in [6.07, 6.45) is 0.162. The molecule has 1 aliphatic rings. The average molecular weight is 245 g/mol. The lowest BCUT2D eigenvalue weighted by Gasteiger charge is -2.30. The SMILES string of the molecule is COc1nc(Cl)nc(N2CCOC(C)C2)n1. The van der Waals surface area contributed by atoms with E-state index in [0.717, 1.165) is 13.1 Å². The van der Waals surface area contributed by atoms with Gasteiger partial charge in [0.25, 0.3) is 0 Å². The maximum absolute atomic E-state index is 5.78. The number of halogens is 1. The van der Waals surface area contributed by atoms with Crippen molar-refractivity contribution in [1.29, 1.82) is 0 Å². The summed E-state index contributed by atoms with van der Waals surface area (Å²) in [7, 11) is 1.50. The zero-order valence-electron chi connectivity index (χ0n) is 9.18. The predicted octanol–water partition coefficient (Wildman–Crippen LogP) is 0.759. The summed E-state index contributed by atoms with van der Waals surface area (Å²) >= 11 is 5.78. The van der Waals surface area contributed by atoms with Crippen LogP contribution in [0, 0.1) is 0 Å². The van der Waals surface area contributed by atoms with Gasteiger partial charge in [0, 0.05) is 13.1 Å². The van der Waals surface area contributed by atoms with Gasteiger partial charge in [-0.1, -0.05) is 0 Å². The summed E-state index contributed by atoms with van der Waals surface area (Å²) in [5.74, 6) is 0.534. The minimum absolute atomic E-state index is 0.140. The van der Waals surface area contributed by atoms with E-state index in [0.29, 0.717) is 12.6 Å². The summed E-state index contributed by atoms with van der Waals surface area (Å²) in [6.45, 7) is 4.15. The van der Waals surface area contributed by atoms with Crippen molar-refractivity contribution < 1.29 is 9.47 Å². The number of ether oxygens (including phenoxy) is 2. The molecule has 1 aromatic rings. The quantitative estimate of drug-likeness (QED) is 0.766. The van der Waals surface area contributed by atoms with E-state index < -0.39 is 0 Å². The summed E-state index contributed by atoms with van der Waals surface area (Å²) in [5.41, 5.74) is 0. The maximum Gasteiger partial charge on any atom is 0.322 e. The van der Waals surface area contributed by atoms with Crippen molar-refractivity contribution in [1.82, 2.24) is 15.0 Å². The molecule has 0 radical (unpaired) electrons. The third kappa shape index (κ3) is 2.51. The third-order valence-electron chi connectivity index (χ3n) is 2.28. The van der Waals surface area contributed by atoms with Crippen molar-refractivity contribution in [2.45, 2.75) is 13.0 Å². The fraction of sp³-hybridized carbons (Fsp3) is 0.667. The molecule has 0 saturated carbocycles. The molecule has 2 heterocycles. The first-order valence-corrected chi connectivity index (χ1v) is 5.39. The molecule has 2 rings (SSSR count). The summed E-state index contributed by atoms with van der Waals surface area (Å²) in [4.78, 5) is 14.1. The van der Waals surface area contributed by atoms with Crippen molar-refractivity contribution in [3.05, 3.63) is 5.28 Å². The van der Waals surface area contributed by atoms with Crippen molar-refractivity contribution in [2.24, 2.45) is 0 Å². The van der Waals surface area contributed by atoms with Crippen LogP contribution >= 0.6 is 11.6 Å². The molecule has 1 saturated heterocycles. The number of hydrogen-bond acceptors (Lipinski definition) is 6. The first-order valence-electron chi connectivity index (χ1n) is 5.01. The van der Waals surface area contributed by atoms with Gasteiger partial charge in [-0.2, -0.15) is 15.0 Å². The van der Waals surface area contributed by atoms with Crippen LogP contribution in [0.5, 0.6) is 6.01 Å². The highest BCUT2D eigenvalue weighted by atomic mass is 35.5. The molecule has 7 heteroatoms. The number of nitrogens with zero attached hydrogens (tertiary/aromatic N) is 4. The van der Waals surface area contributed by atoms with Crippen LogP contribution in [0.1, 0.15) is 6.92 Å².